The van der Waals surface area contributed by atoms with Crippen molar-refractivity contribution in [2.75, 3.05) is 11.9 Å². The Morgan fingerprint density at radius 3 is 2.65 bits per heavy atom. The summed E-state index contributed by atoms with van der Waals surface area (Å²) in [6.45, 7) is 0.742. The SMILES string of the molecule is Clc1cc(NCCc2ccncc2)c(Cl)nn1. The lowest BCUT2D eigenvalue weighted by molar-refractivity contribution is 0.989. The molecule has 4 nitrogen and oxygen atoms in total. The average Bonchev–Trinajstić information content (AvgIpc) is 2.35. The number of aromatic nitrogens is 3. The van der Waals surface area contributed by atoms with Crippen molar-refractivity contribution in [3.63, 3.8) is 0 Å². The molecule has 0 aliphatic rings. The van der Waals surface area contributed by atoms with Crippen LogP contribution >= 0.6 is 23.2 Å². The van der Waals surface area contributed by atoms with Gasteiger partial charge in [-0.25, -0.2) is 0 Å². The molecular formula is C11H10Cl2N4. The zero-order chi connectivity index (χ0) is 12.1. The second-order valence-corrected chi connectivity index (χ2v) is 4.15. The molecule has 2 heterocycles. The van der Waals surface area contributed by atoms with Crippen LogP contribution in [0.5, 0.6) is 0 Å². The van der Waals surface area contributed by atoms with Gasteiger partial charge in [0.2, 0.25) is 0 Å². The summed E-state index contributed by atoms with van der Waals surface area (Å²) in [6, 6.07) is 5.60. The quantitative estimate of drug-likeness (QED) is 0.927. The third-order valence-corrected chi connectivity index (χ3v) is 2.66. The van der Waals surface area contributed by atoms with Crippen molar-refractivity contribution < 1.29 is 0 Å². The number of nitrogens with one attached hydrogen (secondary N) is 1. The standard InChI is InChI=1S/C11H10Cl2N4/c12-10-7-9(11(13)17-16-10)15-6-3-8-1-4-14-5-2-8/h1-2,4-5,7H,3,6H2,(H,15,16). The Hall–Kier alpha value is -1.39. The van der Waals surface area contributed by atoms with Gasteiger partial charge < -0.3 is 5.32 Å². The van der Waals surface area contributed by atoms with Crippen LogP contribution in [0.4, 0.5) is 5.69 Å². The largest absolute Gasteiger partial charge is 0.382 e. The lowest BCUT2D eigenvalue weighted by atomic mass is 10.2. The molecule has 0 amide bonds. The van der Waals surface area contributed by atoms with E-state index >= 15 is 0 Å². The normalized spacial score (nSPS) is 10.2. The zero-order valence-electron chi connectivity index (χ0n) is 8.90. The van der Waals surface area contributed by atoms with Gasteiger partial charge in [-0.05, 0) is 24.1 Å². The van der Waals surface area contributed by atoms with E-state index in [4.69, 9.17) is 23.2 Å². The molecule has 2 rings (SSSR count). The summed E-state index contributed by atoms with van der Waals surface area (Å²) in [7, 11) is 0. The highest BCUT2D eigenvalue weighted by Crippen LogP contribution is 2.20. The van der Waals surface area contributed by atoms with Gasteiger partial charge in [0.05, 0.1) is 5.69 Å². The summed E-state index contributed by atoms with van der Waals surface area (Å²) < 4.78 is 0. The first kappa shape index (κ1) is 12.1. The summed E-state index contributed by atoms with van der Waals surface area (Å²) in [4.78, 5) is 3.96. The van der Waals surface area contributed by atoms with Crippen LogP contribution in [0.25, 0.3) is 0 Å². The van der Waals surface area contributed by atoms with E-state index in [1.54, 1.807) is 18.5 Å². The van der Waals surface area contributed by atoms with Crippen LogP contribution < -0.4 is 5.32 Å². The molecule has 0 fully saturated rings. The maximum atomic E-state index is 5.87. The van der Waals surface area contributed by atoms with E-state index in [1.165, 1.54) is 5.56 Å². The van der Waals surface area contributed by atoms with Crippen molar-refractivity contribution in [2.45, 2.75) is 6.42 Å². The Morgan fingerprint density at radius 1 is 1.12 bits per heavy atom. The average molecular weight is 269 g/mol. The minimum Gasteiger partial charge on any atom is -0.382 e. The fraction of sp³-hybridized carbons (Fsp3) is 0.182. The molecule has 1 N–H and O–H groups in total. The number of nitrogens with zero attached hydrogens (tertiary/aromatic N) is 3. The summed E-state index contributed by atoms with van der Waals surface area (Å²) in [5.74, 6) is 0. The van der Waals surface area contributed by atoms with Crippen molar-refractivity contribution in [1.82, 2.24) is 15.2 Å². The molecule has 6 heteroatoms. The van der Waals surface area contributed by atoms with Crippen LogP contribution in [0.15, 0.2) is 30.6 Å². The van der Waals surface area contributed by atoms with Gasteiger partial charge in [-0.3, -0.25) is 4.98 Å². The molecule has 0 aliphatic carbocycles. The number of pyridine rings is 1. The molecule has 0 spiro atoms. The number of hydrogen-bond acceptors (Lipinski definition) is 4. The Bertz CT molecular complexity index is 490. The van der Waals surface area contributed by atoms with Crippen molar-refractivity contribution in [3.8, 4) is 0 Å². The fourth-order valence-corrected chi connectivity index (χ4v) is 1.67. The van der Waals surface area contributed by atoms with Crippen molar-refractivity contribution in [3.05, 3.63) is 46.5 Å². The Kier molecular flexibility index (Phi) is 4.12. The van der Waals surface area contributed by atoms with E-state index in [0.717, 1.165) is 13.0 Å². The number of hydrogen-bond donors (Lipinski definition) is 1. The molecule has 88 valence electrons. The molecule has 0 aliphatic heterocycles. The van der Waals surface area contributed by atoms with Gasteiger partial charge in [-0.2, -0.15) is 0 Å². The van der Waals surface area contributed by atoms with Crippen LogP contribution in [0.1, 0.15) is 5.56 Å². The Labute approximate surface area is 109 Å². The monoisotopic (exact) mass is 268 g/mol. The predicted octanol–water partition coefficient (Wildman–Crippen LogP) is 2.83. The van der Waals surface area contributed by atoms with Gasteiger partial charge in [-0.15, -0.1) is 10.2 Å². The van der Waals surface area contributed by atoms with E-state index < -0.39 is 0 Å². The maximum absolute atomic E-state index is 5.87. The highest BCUT2D eigenvalue weighted by Gasteiger charge is 2.03. The number of rotatable bonds is 4. The highest BCUT2D eigenvalue weighted by atomic mass is 35.5. The van der Waals surface area contributed by atoms with Gasteiger partial charge in [0.15, 0.2) is 10.3 Å². The van der Waals surface area contributed by atoms with Crippen molar-refractivity contribution in [2.24, 2.45) is 0 Å². The summed E-state index contributed by atoms with van der Waals surface area (Å²) in [5.41, 5.74) is 1.90. The fourth-order valence-electron chi connectivity index (χ4n) is 1.37. The Morgan fingerprint density at radius 2 is 1.88 bits per heavy atom. The van der Waals surface area contributed by atoms with Gasteiger partial charge in [0.25, 0.3) is 0 Å². The summed E-state index contributed by atoms with van der Waals surface area (Å²) >= 11 is 11.6. The first-order chi connectivity index (χ1) is 8.25. The topological polar surface area (TPSA) is 50.7 Å². The third-order valence-electron chi connectivity index (χ3n) is 2.20. The summed E-state index contributed by atoms with van der Waals surface area (Å²) in [5, 5.41) is 11.2. The number of anilines is 1. The molecule has 17 heavy (non-hydrogen) atoms. The Balaban J connectivity index is 1.92. The molecule has 0 aromatic carbocycles. The molecule has 2 aromatic heterocycles. The maximum Gasteiger partial charge on any atom is 0.174 e. The summed E-state index contributed by atoms with van der Waals surface area (Å²) in [6.07, 6.45) is 4.42. The van der Waals surface area contributed by atoms with Crippen molar-refractivity contribution >= 4 is 28.9 Å². The lowest BCUT2D eigenvalue weighted by Gasteiger charge is -2.07. The van der Waals surface area contributed by atoms with Gasteiger partial charge >= 0.3 is 0 Å². The van der Waals surface area contributed by atoms with Gasteiger partial charge in [0.1, 0.15) is 0 Å². The van der Waals surface area contributed by atoms with E-state index in [1.807, 2.05) is 12.1 Å². The first-order valence-corrected chi connectivity index (χ1v) is 5.83. The molecular weight excluding hydrogens is 259 g/mol. The molecule has 2 aromatic rings. The van der Waals surface area contributed by atoms with E-state index in [9.17, 15) is 0 Å². The van der Waals surface area contributed by atoms with Crippen molar-refractivity contribution in [1.29, 1.82) is 0 Å². The highest BCUT2D eigenvalue weighted by molar-refractivity contribution is 6.33. The first-order valence-electron chi connectivity index (χ1n) is 5.07. The van der Waals surface area contributed by atoms with E-state index in [-0.39, 0.29) is 0 Å². The molecule has 0 radical (unpaired) electrons. The van der Waals surface area contributed by atoms with Gasteiger partial charge in [0, 0.05) is 25.0 Å². The smallest absolute Gasteiger partial charge is 0.174 e. The zero-order valence-corrected chi connectivity index (χ0v) is 10.4. The van der Waals surface area contributed by atoms with E-state index in [2.05, 4.69) is 20.5 Å². The third kappa shape index (κ3) is 3.54. The van der Waals surface area contributed by atoms with Crippen LogP contribution in [0.2, 0.25) is 10.3 Å². The molecule has 0 atom stereocenters. The van der Waals surface area contributed by atoms with Crippen LogP contribution in [-0.2, 0) is 6.42 Å². The van der Waals surface area contributed by atoms with E-state index in [0.29, 0.717) is 16.0 Å². The van der Waals surface area contributed by atoms with Gasteiger partial charge in [-0.1, -0.05) is 23.2 Å². The van der Waals surface area contributed by atoms with Crippen LogP contribution in [0.3, 0.4) is 0 Å². The molecule has 0 unspecified atom stereocenters. The molecule has 0 saturated carbocycles. The lowest BCUT2D eigenvalue weighted by Crippen LogP contribution is -2.06. The molecule has 0 saturated heterocycles. The van der Waals surface area contributed by atoms with Crippen LogP contribution in [-0.4, -0.2) is 21.7 Å². The molecule has 0 bridgehead atoms. The predicted molar refractivity (Wildman–Crippen MR) is 68.5 cm³/mol. The van der Waals surface area contributed by atoms with Crippen LogP contribution in [0, 0.1) is 0 Å². The minimum absolute atomic E-state index is 0.320. The number of halogens is 2. The second-order valence-electron chi connectivity index (χ2n) is 3.40. The minimum atomic E-state index is 0.320. The second kappa shape index (κ2) is 5.80.